The van der Waals surface area contributed by atoms with Gasteiger partial charge in [-0.15, -0.1) is 0 Å². The molecule has 7 nitrogen and oxygen atoms in total. The van der Waals surface area contributed by atoms with Crippen LogP contribution in [0.25, 0.3) is 0 Å². The van der Waals surface area contributed by atoms with Crippen LogP contribution in [0.4, 0.5) is 0 Å². The minimum atomic E-state index is -0.948. The summed E-state index contributed by atoms with van der Waals surface area (Å²) in [5.41, 5.74) is -2.15. The third-order valence-electron chi connectivity index (χ3n) is 3.81. The normalized spacial score (nSPS) is 13.4. The molecule has 0 amide bonds. The van der Waals surface area contributed by atoms with Crippen LogP contribution >= 0.6 is 0 Å². The van der Waals surface area contributed by atoms with E-state index in [-0.39, 0.29) is 6.61 Å². The molecular formula is C18H38O7. The van der Waals surface area contributed by atoms with Crippen LogP contribution in [-0.2, 0) is 23.7 Å². The Morgan fingerprint density at radius 2 is 1.04 bits per heavy atom. The molecule has 2 N–H and O–H groups in total. The second kappa shape index (κ2) is 12.2. The molecule has 0 aromatic carbocycles. The van der Waals surface area contributed by atoms with Gasteiger partial charge in [-0.25, -0.2) is 0 Å². The number of hydrogen-bond acceptors (Lipinski definition) is 7. The van der Waals surface area contributed by atoms with E-state index in [2.05, 4.69) is 0 Å². The lowest BCUT2D eigenvalue weighted by Crippen LogP contribution is -2.52. The molecule has 0 spiro atoms. The molecule has 0 unspecified atom stereocenters. The van der Waals surface area contributed by atoms with Crippen molar-refractivity contribution in [1.29, 1.82) is 0 Å². The second-order valence-electron chi connectivity index (χ2n) is 7.54. The largest absolute Gasteiger partial charge is 0.394 e. The summed E-state index contributed by atoms with van der Waals surface area (Å²) in [6, 6.07) is 0. The summed E-state index contributed by atoms with van der Waals surface area (Å²) in [4.78, 5) is 0. The van der Waals surface area contributed by atoms with E-state index in [1.54, 1.807) is 13.8 Å². The lowest BCUT2D eigenvalue weighted by molar-refractivity contribution is -0.217. The molecule has 0 aliphatic heterocycles. The fraction of sp³-hybridized carbons (Fsp3) is 1.00. The minimum absolute atomic E-state index is 0.0280. The molecule has 0 atom stereocenters. The molecule has 0 aromatic heterocycles. The fourth-order valence-electron chi connectivity index (χ4n) is 1.89. The van der Waals surface area contributed by atoms with Crippen molar-refractivity contribution in [2.45, 2.75) is 58.3 Å². The Morgan fingerprint density at radius 1 is 0.640 bits per heavy atom. The van der Waals surface area contributed by atoms with Crippen LogP contribution < -0.4 is 0 Å². The van der Waals surface area contributed by atoms with Gasteiger partial charge < -0.3 is 33.9 Å². The van der Waals surface area contributed by atoms with Gasteiger partial charge in [0.15, 0.2) is 0 Å². The number of rotatable bonds is 16. The highest BCUT2D eigenvalue weighted by Gasteiger charge is 2.40. The van der Waals surface area contributed by atoms with Crippen molar-refractivity contribution >= 4 is 0 Å². The maximum absolute atomic E-state index is 10.2. The zero-order valence-electron chi connectivity index (χ0n) is 16.8. The van der Waals surface area contributed by atoms with Crippen LogP contribution in [-0.4, -0.2) is 86.5 Å². The molecule has 25 heavy (non-hydrogen) atoms. The van der Waals surface area contributed by atoms with E-state index in [1.807, 2.05) is 27.7 Å². The van der Waals surface area contributed by atoms with Crippen LogP contribution in [0.2, 0.25) is 0 Å². The first-order chi connectivity index (χ1) is 11.5. The monoisotopic (exact) mass is 366 g/mol. The zero-order chi connectivity index (χ0) is 19.4. The second-order valence-corrected chi connectivity index (χ2v) is 7.54. The Labute approximate surface area is 152 Å². The molecule has 152 valence electrons. The van der Waals surface area contributed by atoms with Crippen molar-refractivity contribution in [3.8, 4) is 0 Å². The highest BCUT2D eigenvalue weighted by molar-refractivity contribution is 4.90. The molecule has 0 aliphatic carbocycles. The Kier molecular flexibility index (Phi) is 12.0. The Balaban J connectivity index is 3.64. The Bertz CT molecular complexity index is 324. The van der Waals surface area contributed by atoms with Gasteiger partial charge in [-0.05, 0) is 41.5 Å². The van der Waals surface area contributed by atoms with Crippen molar-refractivity contribution < 1.29 is 33.9 Å². The average Bonchev–Trinajstić information content (AvgIpc) is 2.46. The van der Waals surface area contributed by atoms with E-state index in [0.29, 0.717) is 52.9 Å². The summed E-state index contributed by atoms with van der Waals surface area (Å²) in [5, 5.41) is 18.7. The molecule has 0 heterocycles. The third-order valence-corrected chi connectivity index (χ3v) is 3.81. The van der Waals surface area contributed by atoms with Gasteiger partial charge in [0.25, 0.3) is 0 Å². The molecule has 0 aromatic rings. The predicted octanol–water partition coefficient (Wildman–Crippen LogP) is 1.39. The lowest BCUT2D eigenvalue weighted by atomic mass is 9.88. The van der Waals surface area contributed by atoms with Gasteiger partial charge in [-0.2, -0.15) is 0 Å². The molecule has 0 fully saturated rings. The molecule has 0 bridgehead atoms. The highest BCUT2D eigenvalue weighted by Crippen LogP contribution is 2.30. The van der Waals surface area contributed by atoms with Crippen molar-refractivity contribution in [2.24, 2.45) is 0 Å². The summed E-state index contributed by atoms with van der Waals surface area (Å²) in [6.07, 6.45) is 0. The van der Waals surface area contributed by atoms with E-state index in [4.69, 9.17) is 28.8 Å². The Morgan fingerprint density at radius 3 is 1.44 bits per heavy atom. The first-order valence-electron chi connectivity index (χ1n) is 8.86. The van der Waals surface area contributed by atoms with Crippen LogP contribution in [0.15, 0.2) is 0 Å². The van der Waals surface area contributed by atoms with Crippen LogP contribution in [0.3, 0.4) is 0 Å². The summed E-state index contributed by atoms with van der Waals surface area (Å²) in [5.74, 6) is 0. The summed E-state index contributed by atoms with van der Waals surface area (Å²) in [7, 11) is 0. The number of ether oxygens (including phenoxy) is 5. The van der Waals surface area contributed by atoms with Crippen LogP contribution in [0, 0.1) is 0 Å². The molecule has 0 radical (unpaired) electrons. The third kappa shape index (κ3) is 12.7. The van der Waals surface area contributed by atoms with E-state index in [1.165, 1.54) is 0 Å². The standard InChI is InChI=1S/C18H38O7/c1-16(2,25-18(5,6)17(3,4)20)15-24-14-13-23-12-11-22-10-9-21-8-7-19/h19-20H,7-15H2,1-6H3. The molecule has 7 heteroatoms. The van der Waals surface area contributed by atoms with Gasteiger partial charge in [-0.1, -0.05) is 0 Å². The van der Waals surface area contributed by atoms with E-state index in [0.717, 1.165) is 0 Å². The van der Waals surface area contributed by atoms with Gasteiger partial charge in [0.05, 0.1) is 76.3 Å². The topological polar surface area (TPSA) is 86.6 Å². The van der Waals surface area contributed by atoms with Crippen molar-refractivity contribution in [2.75, 3.05) is 59.5 Å². The maximum Gasteiger partial charge on any atom is 0.0915 e. The van der Waals surface area contributed by atoms with Gasteiger partial charge >= 0.3 is 0 Å². The van der Waals surface area contributed by atoms with Crippen LogP contribution in [0.5, 0.6) is 0 Å². The van der Waals surface area contributed by atoms with Crippen LogP contribution in [0.1, 0.15) is 41.5 Å². The van der Waals surface area contributed by atoms with Crippen molar-refractivity contribution in [3.05, 3.63) is 0 Å². The minimum Gasteiger partial charge on any atom is -0.394 e. The van der Waals surface area contributed by atoms with Gasteiger partial charge in [0.1, 0.15) is 0 Å². The molecule has 0 aliphatic rings. The van der Waals surface area contributed by atoms with E-state index in [9.17, 15) is 5.11 Å². The van der Waals surface area contributed by atoms with Crippen molar-refractivity contribution in [3.63, 3.8) is 0 Å². The molecular weight excluding hydrogens is 328 g/mol. The average molecular weight is 366 g/mol. The van der Waals surface area contributed by atoms with Crippen molar-refractivity contribution in [1.82, 2.24) is 0 Å². The van der Waals surface area contributed by atoms with E-state index < -0.39 is 16.8 Å². The van der Waals surface area contributed by atoms with E-state index >= 15 is 0 Å². The molecule has 0 rings (SSSR count). The number of hydrogen-bond donors (Lipinski definition) is 2. The maximum atomic E-state index is 10.2. The summed E-state index contributed by atoms with van der Waals surface area (Å²) < 4.78 is 27.4. The van der Waals surface area contributed by atoms with Gasteiger partial charge in [0.2, 0.25) is 0 Å². The molecule has 0 saturated heterocycles. The Hall–Kier alpha value is -0.280. The smallest absolute Gasteiger partial charge is 0.0915 e. The quantitative estimate of drug-likeness (QED) is 0.399. The SMILES string of the molecule is CC(C)(COCCOCCOCCOCCO)OC(C)(C)C(C)(C)O. The highest BCUT2D eigenvalue weighted by atomic mass is 16.6. The lowest BCUT2D eigenvalue weighted by Gasteiger charge is -2.43. The zero-order valence-corrected chi connectivity index (χ0v) is 16.8. The summed E-state index contributed by atoms with van der Waals surface area (Å²) in [6.45, 7) is 14.8. The predicted molar refractivity (Wildman–Crippen MR) is 95.9 cm³/mol. The van der Waals surface area contributed by atoms with Gasteiger partial charge in [-0.3, -0.25) is 0 Å². The number of aliphatic hydroxyl groups excluding tert-OH is 1. The fourth-order valence-corrected chi connectivity index (χ4v) is 1.89. The van der Waals surface area contributed by atoms with Gasteiger partial charge in [0, 0.05) is 0 Å². The molecule has 0 saturated carbocycles. The first kappa shape index (κ1) is 24.7. The number of aliphatic hydroxyl groups is 2. The first-order valence-corrected chi connectivity index (χ1v) is 8.86. The summed E-state index contributed by atoms with van der Waals surface area (Å²) >= 11 is 0.